The normalized spacial score (nSPS) is 19.5. The average Bonchev–Trinajstić information content (AvgIpc) is 2.12. The van der Waals surface area contributed by atoms with Gasteiger partial charge < -0.3 is 5.32 Å². The highest BCUT2D eigenvalue weighted by atomic mass is 14.9. The van der Waals surface area contributed by atoms with E-state index in [4.69, 9.17) is 0 Å². The Labute approximate surface area is 102 Å². The molecule has 0 radical (unpaired) electrons. The van der Waals surface area contributed by atoms with Crippen LogP contribution in [0.4, 0.5) is 0 Å². The van der Waals surface area contributed by atoms with E-state index in [2.05, 4.69) is 33.0 Å². The zero-order chi connectivity index (χ0) is 12.0. The monoisotopic (exact) mass is 225 g/mol. The zero-order valence-electron chi connectivity index (χ0n) is 11.8. The topological polar surface area (TPSA) is 12.0 Å². The summed E-state index contributed by atoms with van der Waals surface area (Å²) in [4.78, 5) is 0. The van der Waals surface area contributed by atoms with Crippen molar-refractivity contribution in [3.05, 3.63) is 0 Å². The number of rotatable bonds is 7. The summed E-state index contributed by atoms with van der Waals surface area (Å²) in [5, 5.41) is 3.74. The van der Waals surface area contributed by atoms with Crippen LogP contribution >= 0.6 is 0 Å². The third-order valence-electron chi connectivity index (χ3n) is 3.77. The first-order chi connectivity index (χ1) is 7.51. The van der Waals surface area contributed by atoms with E-state index < -0.39 is 0 Å². The Morgan fingerprint density at radius 3 is 2.38 bits per heavy atom. The Morgan fingerprint density at radius 1 is 1.25 bits per heavy atom. The molecule has 1 rings (SSSR count). The predicted molar refractivity (Wildman–Crippen MR) is 72.7 cm³/mol. The van der Waals surface area contributed by atoms with Gasteiger partial charge in [-0.1, -0.05) is 47.0 Å². The molecule has 0 heterocycles. The quantitative estimate of drug-likeness (QED) is 0.678. The minimum atomic E-state index is 0.492. The van der Waals surface area contributed by atoms with E-state index in [-0.39, 0.29) is 0 Å². The molecule has 1 aliphatic carbocycles. The molecule has 1 fully saturated rings. The SMILES string of the molecule is CCCNC(CCC(C)(C)C)CC1CCC1. The molecule has 1 N–H and O–H groups in total. The van der Waals surface area contributed by atoms with E-state index in [9.17, 15) is 0 Å². The van der Waals surface area contributed by atoms with E-state index >= 15 is 0 Å². The van der Waals surface area contributed by atoms with E-state index in [1.807, 2.05) is 0 Å². The number of nitrogens with one attached hydrogen (secondary N) is 1. The molecule has 0 saturated heterocycles. The molecule has 0 aromatic carbocycles. The molecule has 1 unspecified atom stereocenters. The molecule has 96 valence electrons. The van der Waals surface area contributed by atoms with E-state index in [0.717, 1.165) is 12.0 Å². The summed E-state index contributed by atoms with van der Waals surface area (Å²) in [5.74, 6) is 1.04. The van der Waals surface area contributed by atoms with Crippen LogP contribution in [0.15, 0.2) is 0 Å². The minimum Gasteiger partial charge on any atom is -0.314 e. The standard InChI is InChI=1S/C15H31N/c1-5-11-16-14(9-10-15(2,3)4)12-13-7-6-8-13/h13-14,16H,5-12H2,1-4H3. The van der Waals surface area contributed by atoms with Crippen molar-refractivity contribution in [3.8, 4) is 0 Å². The summed E-state index contributed by atoms with van der Waals surface area (Å²) in [6.45, 7) is 10.5. The smallest absolute Gasteiger partial charge is 0.00698 e. The lowest BCUT2D eigenvalue weighted by molar-refractivity contribution is 0.238. The number of hydrogen-bond acceptors (Lipinski definition) is 1. The first-order valence-electron chi connectivity index (χ1n) is 7.24. The third kappa shape index (κ3) is 5.89. The molecule has 1 aliphatic rings. The molecule has 16 heavy (non-hydrogen) atoms. The Balaban J connectivity index is 2.24. The molecule has 1 heteroatoms. The van der Waals surface area contributed by atoms with Crippen molar-refractivity contribution in [2.45, 2.75) is 78.7 Å². The molecule has 0 amide bonds. The summed E-state index contributed by atoms with van der Waals surface area (Å²) < 4.78 is 0. The predicted octanol–water partition coefficient (Wildman–Crippen LogP) is 4.37. The van der Waals surface area contributed by atoms with Gasteiger partial charge in [0.05, 0.1) is 0 Å². The van der Waals surface area contributed by atoms with Crippen molar-refractivity contribution in [1.29, 1.82) is 0 Å². The van der Waals surface area contributed by atoms with Gasteiger partial charge in [-0.15, -0.1) is 0 Å². The van der Waals surface area contributed by atoms with Gasteiger partial charge in [0.1, 0.15) is 0 Å². The summed E-state index contributed by atoms with van der Waals surface area (Å²) >= 11 is 0. The summed E-state index contributed by atoms with van der Waals surface area (Å²) in [5.41, 5.74) is 0.492. The highest BCUT2D eigenvalue weighted by molar-refractivity contribution is 4.78. The zero-order valence-corrected chi connectivity index (χ0v) is 11.8. The lowest BCUT2D eigenvalue weighted by Gasteiger charge is -2.31. The molecule has 0 aromatic rings. The van der Waals surface area contributed by atoms with Gasteiger partial charge in [-0.2, -0.15) is 0 Å². The second kappa shape index (κ2) is 6.64. The van der Waals surface area contributed by atoms with Gasteiger partial charge in [0, 0.05) is 6.04 Å². The van der Waals surface area contributed by atoms with Gasteiger partial charge in [-0.3, -0.25) is 0 Å². The van der Waals surface area contributed by atoms with Crippen LogP contribution in [0, 0.1) is 11.3 Å². The van der Waals surface area contributed by atoms with Gasteiger partial charge in [-0.05, 0) is 43.6 Å². The fourth-order valence-corrected chi connectivity index (χ4v) is 2.39. The van der Waals surface area contributed by atoms with Gasteiger partial charge in [0.2, 0.25) is 0 Å². The lowest BCUT2D eigenvalue weighted by Crippen LogP contribution is -2.34. The summed E-state index contributed by atoms with van der Waals surface area (Å²) in [7, 11) is 0. The van der Waals surface area contributed by atoms with Crippen LogP contribution in [0.25, 0.3) is 0 Å². The Kier molecular flexibility index (Phi) is 5.82. The molecule has 0 aromatic heterocycles. The average molecular weight is 225 g/mol. The second-order valence-corrected chi connectivity index (χ2v) is 6.78. The van der Waals surface area contributed by atoms with Gasteiger partial charge >= 0.3 is 0 Å². The van der Waals surface area contributed by atoms with Crippen LogP contribution in [0.3, 0.4) is 0 Å². The first kappa shape index (κ1) is 14.0. The number of hydrogen-bond donors (Lipinski definition) is 1. The Hall–Kier alpha value is -0.0400. The van der Waals surface area contributed by atoms with Crippen LogP contribution in [0.1, 0.15) is 72.6 Å². The van der Waals surface area contributed by atoms with Crippen LogP contribution < -0.4 is 5.32 Å². The molecule has 1 nitrogen and oxygen atoms in total. The van der Waals surface area contributed by atoms with Crippen LogP contribution in [0.5, 0.6) is 0 Å². The first-order valence-corrected chi connectivity index (χ1v) is 7.24. The maximum atomic E-state index is 3.74. The molecule has 1 atom stereocenters. The van der Waals surface area contributed by atoms with E-state index in [0.29, 0.717) is 5.41 Å². The van der Waals surface area contributed by atoms with Crippen molar-refractivity contribution in [3.63, 3.8) is 0 Å². The Morgan fingerprint density at radius 2 is 1.94 bits per heavy atom. The van der Waals surface area contributed by atoms with Crippen LogP contribution in [-0.4, -0.2) is 12.6 Å². The fraction of sp³-hybridized carbons (Fsp3) is 1.00. The Bertz CT molecular complexity index is 176. The van der Waals surface area contributed by atoms with Crippen LogP contribution in [-0.2, 0) is 0 Å². The largest absolute Gasteiger partial charge is 0.314 e. The highest BCUT2D eigenvalue weighted by Gasteiger charge is 2.22. The summed E-state index contributed by atoms with van der Waals surface area (Å²) in [6, 6.07) is 0.782. The third-order valence-corrected chi connectivity index (χ3v) is 3.77. The molecule has 0 aliphatic heterocycles. The molecular formula is C15H31N. The van der Waals surface area contributed by atoms with Crippen molar-refractivity contribution in [2.24, 2.45) is 11.3 Å². The second-order valence-electron chi connectivity index (χ2n) is 6.78. The lowest BCUT2D eigenvalue weighted by atomic mass is 9.79. The van der Waals surface area contributed by atoms with Crippen molar-refractivity contribution < 1.29 is 0 Å². The highest BCUT2D eigenvalue weighted by Crippen LogP contribution is 2.32. The van der Waals surface area contributed by atoms with Gasteiger partial charge in [0.25, 0.3) is 0 Å². The molecule has 0 spiro atoms. The molecule has 1 saturated carbocycles. The molecule has 0 bridgehead atoms. The van der Waals surface area contributed by atoms with Crippen molar-refractivity contribution >= 4 is 0 Å². The summed E-state index contributed by atoms with van der Waals surface area (Å²) in [6.07, 6.45) is 9.85. The minimum absolute atomic E-state index is 0.492. The maximum Gasteiger partial charge on any atom is 0.00698 e. The molecular weight excluding hydrogens is 194 g/mol. The van der Waals surface area contributed by atoms with E-state index in [1.54, 1.807) is 0 Å². The fourth-order valence-electron chi connectivity index (χ4n) is 2.39. The van der Waals surface area contributed by atoms with Crippen molar-refractivity contribution in [1.82, 2.24) is 5.32 Å². The van der Waals surface area contributed by atoms with Gasteiger partial charge in [-0.25, -0.2) is 0 Å². The van der Waals surface area contributed by atoms with Gasteiger partial charge in [0.15, 0.2) is 0 Å². The maximum absolute atomic E-state index is 3.74. The van der Waals surface area contributed by atoms with Crippen LogP contribution in [0.2, 0.25) is 0 Å². The van der Waals surface area contributed by atoms with Crippen molar-refractivity contribution in [2.75, 3.05) is 6.54 Å². The van der Waals surface area contributed by atoms with E-state index in [1.165, 1.54) is 51.5 Å².